The second kappa shape index (κ2) is 3.45. The fourth-order valence-corrected chi connectivity index (χ4v) is 1.04. The van der Waals surface area contributed by atoms with Crippen molar-refractivity contribution < 1.29 is 14.6 Å². The number of aromatic hydroxyl groups is 1. The Morgan fingerprint density at radius 3 is 2.67 bits per heavy atom. The lowest BCUT2D eigenvalue weighted by Gasteiger charge is -2.05. The lowest BCUT2D eigenvalue weighted by Crippen LogP contribution is -1.94. The van der Waals surface area contributed by atoms with Crippen LogP contribution in [-0.2, 0) is 0 Å². The molecule has 3 nitrogen and oxygen atoms in total. The first kappa shape index (κ1) is 8.87. The van der Waals surface area contributed by atoms with Crippen LogP contribution in [0.3, 0.4) is 0 Å². The van der Waals surface area contributed by atoms with Crippen molar-refractivity contribution in [3.8, 4) is 11.5 Å². The molecule has 0 unspecified atom stereocenters. The Labute approximate surface area is 74.5 Å². The molecular weight excluding hydrogens is 180 g/mol. The number of hydrogen-bond acceptors (Lipinski definition) is 3. The molecule has 4 heteroatoms. The molecular formula is C8H7ClO3. The Kier molecular flexibility index (Phi) is 2.55. The SMILES string of the molecule is COc1c(O)cccc1C(=O)Cl. The summed E-state index contributed by atoms with van der Waals surface area (Å²) in [6, 6.07) is 4.42. The molecule has 1 rings (SSSR count). The maximum atomic E-state index is 10.8. The van der Waals surface area contributed by atoms with E-state index in [-0.39, 0.29) is 17.1 Å². The number of carbonyl (C=O) groups excluding carboxylic acids is 1. The van der Waals surface area contributed by atoms with E-state index < -0.39 is 5.24 Å². The molecule has 0 saturated carbocycles. The summed E-state index contributed by atoms with van der Waals surface area (Å²) in [5.74, 6) is 0.0153. The van der Waals surface area contributed by atoms with Gasteiger partial charge in [0.2, 0.25) is 0 Å². The molecule has 0 fully saturated rings. The number of benzene rings is 1. The highest BCUT2D eigenvalue weighted by atomic mass is 35.5. The second-order valence-electron chi connectivity index (χ2n) is 2.13. The van der Waals surface area contributed by atoms with E-state index in [4.69, 9.17) is 16.3 Å². The predicted octanol–water partition coefficient (Wildman–Crippen LogP) is 1.78. The summed E-state index contributed by atoms with van der Waals surface area (Å²) >= 11 is 5.23. The monoisotopic (exact) mass is 186 g/mol. The molecule has 1 aromatic carbocycles. The molecule has 0 radical (unpaired) electrons. The summed E-state index contributed by atoms with van der Waals surface area (Å²) in [4.78, 5) is 10.8. The Morgan fingerprint density at radius 2 is 2.25 bits per heavy atom. The van der Waals surface area contributed by atoms with Gasteiger partial charge in [-0.05, 0) is 23.7 Å². The fraction of sp³-hybridized carbons (Fsp3) is 0.125. The van der Waals surface area contributed by atoms with Crippen LogP contribution < -0.4 is 4.74 Å². The molecule has 0 aromatic heterocycles. The van der Waals surface area contributed by atoms with Gasteiger partial charge in [0.25, 0.3) is 5.24 Å². The summed E-state index contributed by atoms with van der Waals surface area (Å²) < 4.78 is 4.78. The van der Waals surface area contributed by atoms with Crippen molar-refractivity contribution in [1.82, 2.24) is 0 Å². The van der Waals surface area contributed by atoms with E-state index in [1.54, 1.807) is 0 Å². The van der Waals surface area contributed by atoms with Gasteiger partial charge in [0, 0.05) is 0 Å². The number of hydrogen-bond donors (Lipinski definition) is 1. The first-order chi connectivity index (χ1) is 5.66. The molecule has 1 N–H and O–H groups in total. The van der Waals surface area contributed by atoms with Crippen LogP contribution in [0.5, 0.6) is 11.5 Å². The zero-order valence-corrected chi connectivity index (χ0v) is 7.13. The van der Waals surface area contributed by atoms with Crippen LogP contribution in [0.1, 0.15) is 10.4 Å². The number of para-hydroxylation sites is 1. The van der Waals surface area contributed by atoms with Crippen molar-refractivity contribution in [2.75, 3.05) is 7.11 Å². The summed E-state index contributed by atoms with van der Waals surface area (Å²) in [6.45, 7) is 0. The van der Waals surface area contributed by atoms with Gasteiger partial charge in [-0.1, -0.05) is 6.07 Å². The molecule has 0 aliphatic carbocycles. The quantitative estimate of drug-likeness (QED) is 0.717. The molecule has 0 aliphatic heterocycles. The first-order valence-corrected chi connectivity index (χ1v) is 3.60. The van der Waals surface area contributed by atoms with Crippen LogP contribution >= 0.6 is 11.6 Å². The average molecular weight is 187 g/mol. The third-order valence-electron chi connectivity index (χ3n) is 1.41. The van der Waals surface area contributed by atoms with E-state index in [1.165, 1.54) is 25.3 Å². The van der Waals surface area contributed by atoms with Crippen molar-refractivity contribution in [2.45, 2.75) is 0 Å². The van der Waals surface area contributed by atoms with E-state index in [0.717, 1.165) is 0 Å². The van der Waals surface area contributed by atoms with E-state index in [2.05, 4.69) is 0 Å². The number of carbonyl (C=O) groups is 1. The van der Waals surface area contributed by atoms with E-state index in [1.807, 2.05) is 0 Å². The second-order valence-corrected chi connectivity index (χ2v) is 2.47. The number of methoxy groups -OCH3 is 1. The van der Waals surface area contributed by atoms with Gasteiger partial charge in [-0.15, -0.1) is 0 Å². The van der Waals surface area contributed by atoms with Crippen molar-refractivity contribution in [1.29, 1.82) is 0 Å². The zero-order valence-electron chi connectivity index (χ0n) is 6.37. The Hall–Kier alpha value is -1.22. The van der Waals surface area contributed by atoms with Gasteiger partial charge in [-0.25, -0.2) is 0 Å². The smallest absolute Gasteiger partial charge is 0.256 e. The molecule has 0 saturated heterocycles. The van der Waals surface area contributed by atoms with Crippen molar-refractivity contribution in [3.05, 3.63) is 23.8 Å². The van der Waals surface area contributed by atoms with Crippen molar-refractivity contribution in [3.63, 3.8) is 0 Å². The minimum Gasteiger partial charge on any atom is -0.504 e. The Balaban J connectivity index is 3.27. The summed E-state index contributed by atoms with van der Waals surface area (Å²) in [6.07, 6.45) is 0. The molecule has 12 heavy (non-hydrogen) atoms. The molecule has 0 bridgehead atoms. The van der Waals surface area contributed by atoms with Crippen molar-refractivity contribution in [2.24, 2.45) is 0 Å². The topological polar surface area (TPSA) is 46.5 Å². The van der Waals surface area contributed by atoms with Crippen LogP contribution in [-0.4, -0.2) is 17.5 Å². The molecule has 0 aliphatic rings. The molecule has 0 amide bonds. The minimum absolute atomic E-state index is 0.0935. The number of rotatable bonds is 2. The predicted molar refractivity (Wildman–Crippen MR) is 44.8 cm³/mol. The minimum atomic E-state index is -0.650. The van der Waals surface area contributed by atoms with E-state index in [0.29, 0.717) is 0 Å². The standard InChI is InChI=1S/C8H7ClO3/c1-12-7-5(8(9)11)3-2-4-6(7)10/h2-4,10H,1H3. The maximum absolute atomic E-state index is 10.8. The number of halogens is 1. The highest BCUT2D eigenvalue weighted by Crippen LogP contribution is 2.30. The Morgan fingerprint density at radius 1 is 1.58 bits per heavy atom. The van der Waals surface area contributed by atoms with E-state index >= 15 is 0 Å². The molecule has 1 aromatic rings. The molecule has 0 heterocycles. The van der Waals surface area contributed by atoms with Crippen molar-refractivity contribution >= 4 is 16.8 Å². The van der Waals surface area contributed by atoms with Gasteiger partial charge in [0.05, 0.1) is 12.7 Å². The zero-order chi connectivity index (χ0) is 9.14. The lowest BCUT2D eigenvalue weighted by atomic mass is 10.2. The molecule has 0 spiro atoms. The van der Waals surface area contributed by atoms with Crippen LogP contribution in [0, 0.1) is 0 Å². The van der Waals surface area contributed by atoms with Crippen LogP contribution in [0.4, 0.5) is 0 Å². The van der Waals surface area contributed by atoms with Crippen LogP contribution in [0.25, 0.3) is 0 Å². The van der Waals surface area contributed by atoms with Gasteiger partial charge in [0.1, 0.15) is 0 Å². The van der Waals surface area contributed by atoms with Crippen LogP contribution in [0.15, 0.2) is 18.2 Å². The third kappa shape index (κ3) is 1.51. The van der Waals surface area contributed by atoms with Gasteiger partial charge in [-0.2, -0.15) is 0 Å². The van der Waals surface area contributed by atoms with Gasteiger partial charge in [0.15, 0.2) is 11.5 Å². The number of phenols is 1. The van der Waals surface area contributed by atoms with E-state index in [9.17, 15) is 9.90 Å². The van der Waals surface area contributed by atoms with Gasteiger partial charge < -0.3 is 9.84 Å². The number of ether oxygens (including phenoxy) is 1. The number of phenolic OH excluding ortho intramolecular Hbond substituents is 1. The normalized spacial score (nSPS) is 9.50. The third-order valence-corrected chi connectivity index (χ3v) is 1.61. The highest BCUT2D eigenvalue weighted by Gasteiger charge is 2.12. The van der Waals surface area contributed by atoms with Gasteiger partial charge in [-0.3, -0.25) is 4.79 Å². The molecule has 64 valence electrons. The van der Waals surface area contributed by atoms with Gasteiger partial charge >= 0.3 is 0 Å². The summed E-state index contributed by atoms with van der Waals surface area (Å²) in [7, 11) is 1.36. The summed E-state index contributed by atoms with van der Waals surface area (Å²) in [5.41, 5.74) is 0.166. The largest absolute Gasteiger partial charge is 0.504 e. The highest BCUT2D eigenvalue weighted by molar-refractivity contribution is 6.68. The van der Waals surface area contributed by atoms with Crippen LogP contribution in [0.2, 0.25) is 0 Å². The fourth-order valence-electron chi connectivity index (χ4n) is 0.894. The lowest BCUT2D eigenvalue weighted by molar-refractivity contribution is 0.107. The Bertz CT molecular complexity index is 309. The summed E-state index contributed by atoms with van der Waals surface area (Å²) in [5, 5.41) is 8.55. The average Bonchev–Trinajstić information content (AvgIpc) is 2.03. The first-order valence-electron chi connectivity index (χ1n) is 3.22. The maximum Gasteiger partial charge on any atom is 0.256 e. The molecule has 0 atom stereocenters.